The van der Waals surface area contributed by atoms with Crippen molar-refractivity contribution in [2.45, 2.75) is 29.6 Å². The van der Waals surface area contributed by atoms with Crippen LogP contribution in [-0.2, 0) is 15.3 Å². The fourth-order valence-electron chi connectivity index (χ4n) is 2.67. The van der Waals surface area contributed by atoms with Crippen LogP contribution in [-0.4, -0.2) is 28.3 Å². The summed E-state index contributed by atoms with van der Waals surface area (Å²) in [5.74, 6) is 0.628. The molecule has 1 aromatic rings. The summed E-state index contributed by atoms with van der Waals surface area (Å²) in [6.07, 6.45) is 4.16. The molecule has 1 aliphatic carbocycles. The van der Waals surface area contributed by atoms with Crippen molar-refractivity contribution >= 4 is 9.84 Å². The minimum Gasteiger partial charge on any atom is -0.496 e. The van der Waals surface area contributed by atoms with Gasteiger partial charge in [-0.2, -0.15) is 0 Å². The first-order valence-corrected chi connectivity index (χ1v) is 7.91. The molecule has 0 atom stereocenters. The SMILES string of the molecule is COc1cccc(S(C)(=O)=O)c1C1(CN)CCC1. The normalized spacial score (nSPS) is 18.2. The van der Waals surface area contributed by atoms with E-state index in [2.05, 4.69) is 0 Å². The number of benzene rings is 1. The van der Waals surface area contributed by atoms with E-state index in [9.17, 15) is 8.42 Å². The van der Waals surface area contributed by atoms with Crippen molar-refractivity contribution in [1.29, 1.82) is 0 Å². The van der Waals surface area contributed by atoms with Gasteiger partial charge in [0.05, 0.1) is 12.0 Å². The molecule has 1 aliphatic rings. The summed E-state index contributed by atoms with van der Waals surface area (Å²) in [5.41, 5.74) is 6.42. The Balaban J connectivity index is 2.70. The second kappa shape index (κ2) is 4.55. The van der Waals surface area contributed by atoms with Gasteiger partial charge in [-0.05, 0) is 25.0 Å². The van der Waals surface area contributed by atoms with Crippen molar-refractivity contribution in [3.63, 3.8) is 0 Å². The summed E-state index contributed by atoms with van der Waals surface area (Å²) >= 11 is 0. The number of sulfone groups is 1. The molecule has 0 unspecified atom stereocenters. The van der Waals surface area contributed by atoms with Gasteiger partial charge in [0.1, 0.15) is 5.75 Å². The molecule has 0 radical (unpaired) electrons. The van der Waals surface area contributed by atoms with E-state index < -0.39 is 9.84 Å². The molecule has 1 aromatic carbocycles. The van der Waals surface area contributed by atoms with E-state index in [1.807, 2.05) is 0 Å². The van der Waals surface area contributed by atoms with E-state index in [4.69, 9.17) is 10.5 Å². The van der Waals surface area contributed by atoms with E-state index in [1.165, 1.54) is 6.26 Å². The second-order valence-electron chi connectivity index (χ2n) is 4.94. The molecule has 1 fully saturated rings. The molecular formula is C13H19NO3S. The van der Waals surface area contributed by atoms with Crippen LogP contribution >= 0.6 is 0 Å². The standard InChI is InChI=1S/C13H19NO3S/c1-17-10-5-3-6-11(18(2,15)16)12(10)13(9-14)7-4-8-13/h3,5-6H,4,7-9,14H2,1-2H3. The van der Waals surface area contributed by atoms with Gasteiger partial charge in [-0.3, -0.25) is 0 Å². The van der Waals surface area contributed by atoms with Crippen molar-refractivity contribution in [2.75, 3.05) is 19.9 Å². The zero-order valence-electron chi connectivity index (χ0n) is 10.8. The zero-order chi connectivity index (χ0) is 13.4. The monoisotopic (exact) mass is 269 g/mol. The Bertz CT molecular complexity index is 542. The molecule has 0 aliphatic heterocycles. The first-order chi connectivity index (χ1) is 8.44. The third kappa shape index (κ3) is 2.01. The van der Waals surface area contributed by atoms with E-state index in [0.717, 1.165) is 24.8 Å². The average molecular weight is 269 g/mol. The predicted molar refractivity (Wildman–Crippen MR) is 70.7 cm³/mol. The van der Waals surface area contributed by atoms with Gasteiger partial charge >= 0.3 is 0 Å². The van der Waals surface area contributed by atoms with Gasteiger partial charge in [-0.25, -0.2) is 8.42 Å². The first-order valence-electron chi connectivity index (χ1n) is 6.02. The summed E-state index contributed by atoms with van der Waals surface area (Å²) in [6.45, 7) is 0.454. The molecular weight excluding hydrogens is 250 g/mol. The largest absolute Gasteiger partial charge is 0.496 e. The Hall–Kier alpha value is -1.07. The maximum atomic E-state index is 11.9. The van der Waals surface area contributed by atoms with Crippen molar-refractivity contribution in [1.82, 2.24) is 0 Å². The number of nitrogens with two attached hydrogens (primary N) is 1. The molecule has 0 bridgehead atoms. The molecule has 5 heteroatoms. The van der Waals surface area contributed by atoms with Crippen LogP contribution in [0.25, 0.3) is 0 Å². The van der Waals surface area contributed by atoms with Crippen LogP contribution in [0.4, 0.5) is 0 Å². The van der Waals surface area contributed by atoms with Crippen molar-refractivity contribution < 1.29 is 13.2 Å². The molecule has 18 heavy (non-hydrogen) atoms. The maximum Gasteiger partial charge on any atom is 0.175 e. The van der Waals surface area contributed by atoms with Crippen LogP contribution in [0.3, 0.4) is 0 Å². The maximum absolute atomic E-state index is 11.9. The van der Waals surface area contributed by atoms with Crippen LogP contribution in [0.2, 0.25) is 0 Å². The minimum absolute atomic E-state index is 0.231. The Kier molecular flexibility index (Phi) is 3.38. The molecule has 2 rings (SSSR count). The van der Waals surface area contributed by atoms with Gasteiger partial charge in [0.25, 0.3) is 0 Å². The predicted octanol–water partition coefficient (Wildman–Crippen LogP) is 1.48. The van der Waals surface area contributed by atoms with Gasteiger partial charge in [0.15, 0.2) is 9.84 Å². The summed E-state index contributed by atoms with van der Waals surface area (Å²) in [4.78, 5) is 0.354. The number of ether oxygens (including phenoxy) is 1. The van der Waals surface area contributed by atoms with Gasteiger partial charge < -0.3 is 10.5 Å². The van der Waals surface area contributed by atoms with Crippen LogP contribution in [0.15, 0.2) is 23.1 Å². The van der Waals surface area contributed by atoms with Crippen LogP contribution < -0.4 is 10.5 Å². The highest BCUT2D eigenvalue weighted by atomic mass is 32.2. The Morgan fingerprint density at radius 2 is 2.06 bits per heavy atom. The number of methoxy groups -OCH3 is 1. The Labute approximate surface area is 108 Å². The Morgan fingerprint density at radius 3 is 2.44 bits per heavy atom. The molecule has 1 saturated carbocycles. The van der Waals surface area contributed by atoms with Crippen molar-refractivity contribution in [2.24, 2.45) is 5.73 Å². The highest BCUT2D eigenvalue weighted by Gasteiger charge is 2.42. The lowest BCUT2D eigenvalue weighted by Gasteiger charge is -2.43. The molecule has 0 aromatic heterocycles. The average Bonchev–Trinajstić information content (AvgIpc) is 2.27. The quantitative estimate of drug-likeness (QED) is 0.899. The van der Waals surface area contributed by atoms with Gasteiger partial charge in [0, 0.05) is 23.8 Å². The topological polar surface area (TPSA) is 69.4 Å². The molecule has 0 saturated heterocycles. The van der Waals surface area contributed by atoms with Crippen molar-refractivity contribution in [3.8, 4) is 5.75 Å². The lowest BCUT2D eigenvalue weighted by atomic mass is 9.64. The summed E-state index contributed by atoms with van der Waals surface area (Å²) < 4.78 is 29.2. The third-order valence-electron chi connectivity index (χ3n) is 3.84. The van der Waals surface area contributed by atoms with E-state index >= 15 is 0 Å². The molecule has 2 N–H and O–H groups in total. The number of rotatable bonds is 4. The summed E-state index contributed by atoms with van der Waals surface area (Å²) in [5, 5.41) is 0. The van der Waals surface area contributed by atoms with Gasteiger partial charge in [0.2, 0.25) is 0 Å². The summed E-state index contributed by atoms with van der Waals surface area (Å²) in [7, 11) is -1.71. The first kappa shape index (κ1) is 13.4. The lowest BCUT2D eigenvalue weighted by molar-refractivity contribution is 0.238. The molecule has 0 spiro atoms. The van der Waals surface area contributed by atoms with Crippen molar-refractivity contribution in [3.05, 3.63) is 23.8 Å². The molecule has 0 amide bonds. The van der Waals surface area contributed by atoms with Crippen LogP contribution in [0.1, 0.15) is 24.8 Å². The van der Waals surface area contributed by atoms with E-state index in [1.54, 1.807) is 25.3 Å². The number of hydrogen-bond donors (Lipinski definition) is 1. The summed E-state index contributed by atoms with van der Waals surface area (Å²) in [6, 6.07) is 5.16. The zero-order valence-corrected chi connectivity index (χ0v) is 11.6. The Morgan fingerprint density at radius 1 is 1.39 bits per heavy atom. The minimum atomic E-state index is -3.27. The van der Waals surface area contributed by atoms with E-state index in [0.29, 0.717) is 17.2 Å². The van der Waals surface area contributed by atoms with Crippen LogP contribution in [0.5, 0.6) is 5.75 Å². The fraction of sp³-hybridized carbons (Fsp3) is 0.538. The second-order valence-corrected chi connectivity index (χ2v) is 6.93. The fourth-order valence-corrected chi connectivity index (χ4v) is 3.69. The van der Waals surface area contributed by atoms with Gasteiger partial charge in [-0.15, -0.1) is 0 Å². The van der Waals surface area contributed by atoms with E-state index in [-0.39, 0.29) is 5.41 Å². The molecule has 100 valence electrons. The highest BCUT2D eigenvalue weighted by Crippen LogP contribution is 2.48. The molecule has 4 nitrogen and oxygen atoms in total. The van der Waals surface area contributed by atoms with Gasteiger partial charge in [-0.1, -0.05) is 12.5 Å². The molecule has 0 heterocycles. The van der Waals surface area contributed by atoms with Crippen LogP contribution in [0, 0.1) is 0 Å². The third-order valence-corrected chi connectivity index (χ3v) is 4.98. The smallest absolute Gasteiger partial charge is 0.175 e. The highest BCUT2D eigenvalue weighted by molar-refractivity contribution is 7.90. The number of hydrogen-bond acceptors (Lipinski definition) is 4. The lowest BCUT2D eigenvalue weighted by Crippen LogP contribution is -2.42.